The normalized spacial score (nSPS) is 10.9. The maximum absolute atomic E-state index is 12.8. The van der Waals surface area contributed by atoms with Gasteiger partial charge in [-0.1, -0.05) is 31.2 Å². The number of aromatic nitrogens is 1. The summed E-state index contributed by atoms with van der Waals surface area (Å²) in [6.45, 7) is 5.88. The minimum atomic E-state index is -0.165. The quantitative estimate of drug-likeness (QED) is 0.500. The second-order valence-corrected chi connectivity index (χ2v) is 7.81. The molecule has 3 rings (SSSR count). The van der Waals surface area contributed by atoms with Gasteiger partial charge in [0.15, 0.2) is 0 Å². The first-order valence-corrected chi connectivity index (χ1v) is 10.5. The van der Waals surface area contributed by atoms with Crippen LogP contribution in [0.25, 0.3) is 10.9 Å². The van der Waals surface area contributed by atoms with E-state index in [-0.39, 0.29) is 17.7 Å². The van der Waals surface area contributed by atoms with Gasteiger partial charge in [-0.15, -0.1) is 0 Å². The fraction of sp³-hybridized carbons (Fsp3) is 0.320. The van der Waals surface area contributed by atoms with Crippen LogP contribution in [0.4, 0.5) is 11.4 Å². The smallest absolute Gasteiger partial charge is 0.255 e. The Morgan fingerprint density at radius 1 is 1.03 bits per heavy atom. The molecule has 0 unspecified atom stereocenters. The number of ketones is 1. The van der Waals surface area contributed by atoms with Crippen molar-refractivity contribution in [2.75, 3.05) is 5.32 Å². The van der Waals surface area contributed by atoms with Gasteiger partial charge in [0.25, 0.3) is 5.91 Å². The Kier molecular flexibility index (Phi) is 7.17. The summed E-state index contributed by atoms with van der Waals surface area (Å²) in [6.07, 6.45) is 4.33. The number of carbonyl (C=O) groups excluding carboxylic acids is 2. The molecule has 0 aliphatic rings. The number of amides is 1. The van der Waals surface area contributed by atoms with E-state index < -0.39 is 0 Å². The van der Waals surface area contributed by atoms with Crippen LogP contribution in [0.1, 0.15) is 56.0 Å². The number of aryl methyl sites for hydroxylation is 1. The summed E-state index contributed by atoms with van der Waals surface area (Å²) in [6, 6.07) is 15.8. The maximum atomic E-state index is 12.8. The van der Waals surface area contributed by atoms with Crippen LogP contribution in [0.3, 0.4) is 0 Å². The first kappa shape index (κ1) is 21.5. The molecule has 0 radical (unpaired) electrons. The molecule has 2 N–H and O–H groups in total. The standard InChI is InChI=1S/C25H29N3O2/c1-4-8-20(29)13-11-18-12-14-23-21(15-18)24(28-19-9-6-5-7-10-19)22(16-26-23)25(30)27-17(2)3/h5-7,9-10,12,14-17H,4,8,11,13H2,1-3H3,(H,26,28)(H,27,30). The molecule has 3 aromatic rings. The molecule has 0 saturated carbocycles. The molecule has 30 heavy (non-hydrogen) atoms. The Morgan fingerprint density at radius 3 is 2.50 bits per heavy atom. The summed E-state index contributed by atoms with van der Waals surface area (Å²) in [4.78, 5) is 29.3. The molecule has 1 amide bonds. The van der Waals surface area contributed by atoms with Crippen LogP contribution < -0.4 is 10.6 Å². The molecule has 0 bridgehead atoms. The second-order valence-electron chi connectivity index (χ2n) is 7.81. The lowest BCUT2D eigenvalue weighted by atomic mass is 10.0. The fourth-order valence-corrected chi connectivity index (χ4v) is 3.40. The van der Waals surface area contributed by atoms with Gasteiger partial charge in [0.05, 0.1) is 16.8 Å². The number of rotatable bonds is 9. The van der Waals surface area contributed by atoms with E-state index in [2.05, 4.69) is 15.6 Å². The molecule has 0 fully saturated rings. The number of benzene rings is 2. The fourth-order valence-electron chi connectivity index (χ4n) is 3.40. The number of nitrogens with one attached hydrogen (secondary N) is 2. The number of para-hydroxylation sites is 1. The van der Waals surface area contributed by atoms with Gasteiger partial charge in [-0.05, 0) is 56.5 Å². The molecule has 5 nitrogen and oxygen atoms in total. The third-order valence-corrected chi connectivity index (χ3v) is 4.86. The van der Waals surface area contributed by atoms with Gasteiger partial charge in [-0.25, -0.2) is 0 Å². The summed E-state index contributed by atoms with van der Waals surface area (Å²) in [7, 11) is 0. The average molecular weight is 404 g/mol. The van der Waals surface area contributed by atoms with E-state index in [1.807, 2.05) is 69.3 Å². The van der Waals surface area contributed by atoms with Gasteiger partial charge in [-0.2, -0.15) is 0 Å². The zero-order chi connectivity index (χ0) is 21.5. The third-order valence-electron chi connectivity index (χ3n) is 4.86. The lowest BCUT2D eigenvalue weighted by Gasteiger charge is -2.16. The SMILES string of the molecule is CCCC(=O)CCc1ccc2ncc(C(=O)NC(C)C)c(Nc3ccccc3)c2c1. The molecule has 1 heterocycles. The second kappa shape index (κ2) is 10.0. The Bertz CT molecular complexity index is 1030. The summed E-state index contributed by atoms with van der Waals surface area (Å²) in [5.74, 6) is 0.116. The Morgan fingerprint density at radius 2 is 1.80 bits per heavy atom. The number of pyridine rings is 1. The number of nitrogens with zero attached hydrogens (tertiary/aromatic N) is 1. The van der Waals surface area contributed by atoms with Crippen molar-refractivity contribution in [1.29, 1.82) is 0 Å². The number of hydrogen-bond acceptors (Lipinski definition) is 4. The van der Waals surface area contributed by atoms with Gasteiger partial charge in [-0.3, -0.25) is 14.6 Å². The topological polar surface area (TPSA) is 71.1 Å². The Labute approximate surface area is 177 Å². The summed E-state index contributed by atoms with van der Waals surface area (Å²) >= 11 is 0. The van der Waals surface area contributed by atoms with Gasteiger partial charge >= 0.3 is 0 Å². The molecule has 0 aliphatic carbocycles. The highest BCUT2D eigenvalue weighted by Crippen LogP contribution is 2.30. The van der Waals surface area contributed by atoms with Crippen LogP contribution >= 0.6 is 0 Å². The molecule has 0 aliphatic heterocycles. The van der Waals surface area contributed by atoms with E-state index >= 15 is 0 Å². The van der Waals surface area contributed by atoms with Crippen LogP contribution in [0.15, 0.2) is 54.7 Å². The first-order chi connectivity index (χ1) is 14.5. The van der Waals surface area contributed by atoms with Gasteiger partial charge in [0, 0.05) is 36.2 Å². The Balaban J connectivity index is 2.03. The lowest BCUT2D eigenvalue weighted by molar-refractivity contribution is -0.119. The van der Waals surface area contributed by atoms with Crippen LogP contribution in [0, 0.1) is 0 Å². The average Bonchev–Trinajstić information content (AvgIpc) is 2.73. The van der Waals surface area contributed by atoms with Crippen molar-refractivity contribution in [3.8, 4) is 0 Å². The largest absolute Gasteiger partial charge is 0.354 e. The van der Waals surface area contributed by atoms with Crippen LogP contribution in [0.5, 0.6) is 0 Å². The summed E-state index contributed by atoms with van der Waals surface area (Å²) in [5.41, 5.74) is 3.99. The molecule has 0 spiro atoms. The van der Waals surface area contributed by atoms with E-state index in [1.54, 1.807) is 6.20 Å². The highest BCUT2D eigenvalue weighted by Gasteiger charge is 2.17. The molecule has 0 saturated heterocycles. The van der Waals surface area contributed by atoms with Crippen molar-refractivity contribution >= 4 is 34.0 Å². The summed E-state index contributed by atoms with van der Waals surface area (Å²) < 4.78 is 0. The number of carbonyl (C=O) groups is 2. The van der Waals surface area contributed by atoms with Gasteiger partial charge in [0.2, 0.25) is 0 Å². The van der Waals surface area contributed by atoms with Crippen molar-refractivity contribution in [3.05, 3.63) is 65.9 Å². The van der Waals surface area contributed by atoms with Crippen LogP contribution in [-0.2, 0) is 11.2 Å². The van der Waals surface area contributed by atoms with Crippen molar-refractivity contribution in [2.24, 2.45) is 0 Å². The summed E-state index contributed by atoms with van der Waals surface area (Å²) in [5, 5.41) is 7.24. The minimum absolute atomic E-state index is 0.0219. The van der Waals surface area contributed by atoms with Gasteiger partial charge < -0.3 is 10.6 Å². The Hall–Kier alpha value is -3.21. The molecule has 156 valence electrons. The first-order valence-electron chi connectivity index (χ1n) is 10.5. The van der Waals surface area contributed by atoms with Crippen molar-refractivity contribution in [1.82, 2.24) is 10.3 Å². The number of fused-ring (bicyclic) bond motifs is 1. The number of Topliss-reactive ketones (excluding diaryl/α,β-unsaturated/α-hetero) is 1. The molecule has 0 atom stereocenters. The van der Waals surface area contributed by atoms with Crippen molar-refractivity contribution < 1.29 is 9.59 Å². The van der Waals surface area contributed by atoms with Crippen LogP contribution in [0.2, 0.25) is 0 Å². The third kappa shape index (κ3) is 5.44. The molecule has 2 aromatic carbocycles. The monoisotopic (exact) mass is 403 g/mol. The highest BCUT2D eigenvalue weighted by atomic mass is 16.1. The predicted octanol–water partition coefficient (Wildman–Crippen LogP) is 5.42. The zero-order valence-corrected chi connectivity index (χ0v) is 17.9. The highest BCUT2D eigenvalue weighted by molar-refractivity contribution is 6.08. The van der Waals surface area contributed by atoms with E-state index in [0.717, 1.165) is 34.3 Å². The zero-order valence-electron chi connectivity index (χ0n) is 17.9. The van der Waals surface area contributed by atoms with Crippen LogP contribution in [-0.4, -0.2) is 22.7 Å². The van der Waals surface area contributed by atoms with Crippen molar-refractivity contribution in [3.63, 3.8) is 0 Å². The van der Waals surface area contributed by atoms with Gasteiger partial charge in [0.1, 0.15) is 5.78 Å². The van der Waals surface area contributed by atoms with E-state index in [4.69, 9.17) is 0 Å². The maximum Gasteiger partial charge on any atom is 0.255 e. The number of anilines is 2. The molecular weight excluding hydrogens is 374 g/mol. The van der Waals surface area contributed by atoms with E-state index in [1.165, 1.54) is 0 Å². The predicted molar refractivity (Wildman–Crippen MR) is 122 cm³/mol. The molecule has 5 heteroatoms. The minimum Gasteiger partial charge on any atom is -0.354 e. The van der Waals surface area contributed by atoms with E-state index in [9.17, 15) is 9.59 Å². The van der Waals surface area contributed by atoms with E-state index in [0.29, 0.717) is 24.8 Å². The van der Waals surface area contributed by atoms with Crippen molar-refractivity contribution in [2.45, 2.75) is 52.5 Å². The lowest BCUT2D eigenvalue weighted by Crippen LogP contribution is -2.30. The number of hydrogen-bond donors (Lipinski definition) is 2. The molecular formula is C25H29N3O2. The molecule has 1 aromatic heterocycles.